The minimum atomic E-state index is -0.253. The Hall–Kier alpha value is -1.66. The second-order valence-corrected chi connectivity index (χ2v) is 6.76. The Balaban J connectivity index is 1.48. The largest absolute Gasteiger partial charge is 0.460 e. The van der Waals surface area contributed by atoms with Crippen LogP contribution in [0.25, 0.3) is 0 Å². The third-order valence-corrected chi connectivity index (χ3v) is 5.47. The maximum absolute atomic E-state index is 12.3. The zero-order chi connectivity index (χ0) is 16.5. The first-order valence-corrected chi connectivity index (χ1v) is 8.66. The standard InChI is InChI=1S/C18H22O6/c19-17-12-9-13-11-7-15(14(13)10-12)16(8-11)18(20)24-6-4-22-2-1-21-3-5-23-17/h8-9,11,13-15H,1-7,10H2/t11-,13+,14+,15-/m0/s1. The SMILES string of the molecule is O=C1OCCOCCOCCOC(=O)C2=C[C@@H]3C[C@H]2[C@@H]2CC1=C[C@@H]23. The maximum Gasteiger partial charge on any atom is 0.334 e. The predicted molar refractivity (Wildman–Crippen MR) is 82.9 cm³/mol. The summed E-state index contributed by atoms with van der Waals surface area (Å²) in [5, 5.41) is 0. The highest BCUT2D eigenvalue weighted by molar-refractivity contribution is 5.91. The minimum Gasteiger partial charge on any atom is -0.460 e. The van der Waals surface area contributed by atoms with Gasteiger partial charge >= 0.3 is 11.9 Å². The van der Waals surface area contributed by atoms with E-state index in [0.717, 1.165) is 17.6 Å². The Morgan fingerprint density at radius 2 is 1.50 bits per heavy atom. The number of cyclic esters (lactones) is 2. The highest BCUT2D eigenvalue weighted by Gasteiger charge is 2.52. The van der Waals surface area contributed by atoms with Crippen LogP contribution in [-0.4, -0.2) is 51.6 Å². The molecule has 130 valence electrons. The third-order valence-electron chi connectivity index (χ3n) is 5.47. The second-order valence-electron chi connectivity index (χ2n) is 6.76. The van der Waals surface area contributed by atoms with Gasteiger partial charge in [0.05, 0.1) is 26.4 Å². The topological polar surface area (TPSA) is 71.1 Å². The molecule has 4 bridgehead atoms. The van der Waals surface area contributed by atoms with Gasteiger partial charge in [0.2, 0.25) is 0 Å². The summed E-state index contributed by atoms with van der Waals surface area (Å²) in [5.74, 6) is 0.736. The number of allylic oxidation sites excluding steroid dienone is 2. The van der Waals surface area contributed by atoms with Crippen molar-refractivity contribution in [2.75, 3.05) is 39.6 Å². The van der Waals surface area contributed by atoms with Crippen LogP contribution in [0.3, 0.4) is 0 Å². The van der Waals surface area contributed by atoms with Gasteiger partial charge in [-0.15, -0.1) is 0 Å². The highest BCUT2D eigenvalue weighted by Crippen LogP contribution is 2.57. The van der Waals surface area contributed by atoms with E-state index in [0.29, 0.717) is 50.6 Å². The van der Waals surface area contributed by atoms with Crippen LogP contribution >= 0.6 is 0 Å². The van der Waals surface area contributed by atoms with Gasteiger partial charge in [-0.25, -0.2) is 9.59 Å². The maximum atomic E-state index is 12.3. The van der Waals surface area contributed by atoms with Crippen molar-refractivity contribution in [2.24, 2.45) is 23.7 Å². The van der Waals surface area contributed by atoms with Gasteiger partial charge in [0, 0.05) is 11.1 Å². The molecule has 6 heteroatoms. The van der Waals surface area contributed by atoms with Gasteiger partial charge in [0.1, 0.15) is 13.2 Å². The number of carbonyl (C=O) groups excluding carboxylic acids is 2. The number of ether oxygens (including phenoxy) is 4. The molecule has 4 atom stereocenters. The number of carbonyl (C=O) groups is 2. The molecule has 0 aromatic carbocycles. The molecule has 4 aliphatic rings. The van der Waals surface area contributed by atoms with Gasteiger partial charge in [-0.1, -0.05) is 12.2 Å². The Morgan fingerprint density at radius 3 is 2.25 bits per heavy atom. The van der Waals surface area contributed by atoms with E-state index in [9.17, 15) is 9.59 Å². The van der Waals surface area contributed by atoms with Crippen LogP contribution in [0.2, 0.25) is 0 Å². The lowest BCUT2D eigenvalue weighted by atomic mass is 9.81. The van der Waals surface area contributed by atoms with E-state index in [1.54, 1.807) is 0 Å². The molecule has 6 nitrogen and oxygen atoms in total. The lowest BCUT2D eigenvalue weighted by Crippen LogP contribution is -2.23. The van der Waals surface area contributed by atoms with Gasteiger partial charge in [-0.3, -0.25) is 0 Å². The average molecular weight is 334 g/mol. The average Bonchev–Trinajstić information content (AvgIpc) is 3.26. The zero-order valence-electron chi connectivity index (χ0n) is 13.6. The molecule has 0 aromatic heterocycles. The van der Waals surface area contributed by atoms with Gasteiger partial charge in [-0.2, -0.15) is 0 Å². The molecule has 0 radical (unpaired) electrons. The molecule has 2 fully saturated rings. The molecule has 24 heavy (non-hydrogen) atoms. The van der Waals surface area contributed by atoms with E-state index in [1.807, 2.05) is 0 Å². The van der Waals surface area contributed by atoms with Crippen molar-refractivity contribution in [3.05, 3.63) is 23.3 Å². The fourth-order valence-electron chi connectivity index (χ4n) is 4.44. The molecule has 1 saturated carbocycles. The molecule has 0 N–H and O–H groups in total. The van der Waals surface area contributed by atoms with Crippen LogP contribution in [-0.2, 0) is 28.5 Å². The highest BCUT2D eigenvalue weighted by atomic mass is 16.6. The van der Waals surface area contributed by atoms with E-state index in [2.05, 4.69) is 12.2 Å². The van der Waals surface area contributed by atoms with Gasteiger partial charge in [0.15, 0.2) is 0 Å². The van der Waals surface area contributed by atoms with Crippen molar-refractivity contribution in [3.8, 4) is 0 Å². The van der Waals surface area contributed by atoms with E-state index in [-0.39, 0.29) is 31.1 Å². The van der Waals surface area contributed by atoms with Gasteiger partial charge in [-0.05, 0) is 36.5 Å². The third kappa shape index (κ3) is 2.89. The Labute approximate surface area is 140 Å². The molecule has 0 amide bonds. The fraction of sp³-hybridized carbons (Fsp3) is 0.667. The molecule has 0 aromatic rings. The number of fused-ring (bicyclic) bond motifs is 3. The monoisotopic (exact) mass is 334 g/mol. The molecule has 3 aliphatic carbocycles. The molecular weight excluding hydrogens is 312 g/mol. The van der Waals surface area contributed by atoms with Crippen molar-refractivity contribution in [2.45, 2.75) is 12.8 Å². The minimum absolute atomic E-state index is 0.203. The van der Waals surface area contributed by atoms with Crippen molar-refractivity contribution in [1.29, 1.82) is 0 Å². The van der Waals surface area contributed by atoms with Crippen LogP contribution in [0.15, 0.2) is 23.3 Å². The normalized spacial score (nSPS) is 36.8. The smallest absolute Gasteiger partial charge is 0.334 e. The van der Waals surface area contributed by atoms with Crippen molar-refractivity contribution in [3.63, 3.8) is 0 Å². The van der Waals surface area contributed by atoms with Crippen molar-refractivity contribution in [1.82, 2.24) is 0 Å². The summed E-state index contributed by atoms with van der Waals surface area (Å²) in [7, 11) is 0. The Kier molecular flexibility index (Phi) is 4.41. The van der Waals surface area contributed by atoms with Crippen molar-refractivity contribution >= 4 is 11.9 Å². The quantitative estimate of drug-likeness (QED) is 0.621. The molecule has 1 aliphatic heterocycles. The molecule has 0 unspecified atom stereocenters. The van der Waals surface area contributed by atoms with Crippen LogP contribution in [0.1, 0.15) is 12.8 Å². The second kappa shape index (κ2) is 6.69. The summed E-state index contributed by atoms with van der Waals surface area (Å²) in [4.78, 5) is 24.5. The lowest BCUT2D eigenvalue weighted by molar-refractivity contribution is -0.142. The summed E-state index contributed by atoms with van der Waals surface area (Å²) in [5.41, 5.74) is 1.53. The molecular formula is C18H22O6. The molecule has 4 rings (SSSR count). The van der Waals surface area contributed by atoms with E-state index in [4.69, 9.17) is 18.9 Å². The first kappa shape index (κ1) is 15.8. The number of hydrogen-bond acceptors (Lipinski definition) is 6. The van der Waals surface area contributed by atoms with E-state index < -0.39 is 0 Å². The first-order chi connectivity index (χ1) is 11.7. The van der Waals surface area contributed by atoms with E-state index >= 15 is 0 Å². The lowest BCUT2D eigenvalue weighted by Gasteiger charge is -2.24. The Morgan fingerprint density at radius 1 is 0.833 bits per heavy atom. The summed E-state index contributed by atoms with van der Waals surface area (Å²) in [6.07, 6.45) is 5.80. The molecule has 1 saturated heterocycles. The van der Waals surface area contributed by atoms with E-state index in [1.165, 1.54) is 0 Å². The fourth-order valence-corrected chi connectivity index (χ4v) is 4.44. The summed E-state index contributed by atoms with van der Waals surface area (Å²) in [6.45, 7) is 2.08. The summed E-state index contributed by atoms with van der Waals surface area (Å²) >= 11 is 0. The van der Waals surface area contributed by atoms with Crippen LogP contribution in [0.5, 0.6) is 0 Å². The van der Waals surface area contributed by atoms with Crippen LogP contribution < -0.4 is 0 Å². The number of rotatable bonds is 0. The van der Waals surface area contributed by atoms with Crippen LogP contribution in [0, 0.1) is 23.7 Å². The first-order valence-electron chi connectivity index (χ1n) is 8.66. The summed E-state index contributed by atoms with van der Waals surface area (Å²) in [6, 6.07) is 0. The van der Waals surface area contributed by atoms with Crippen LogP contribution in [0.4, 0.5) is 0 Å². The van der Waals surface area contributed by atoms with Crippen molar-refractivity contribution < 1.29 is 28.5 Å². The number of hydrogen-bond donors (Lipinski definition) is 0. The summed E-state index contributed by atoms with van der Waals surface area (Å²) < 4.78 is 21.3. The Bertz CT molecular complexity index is 592. The van der Waals surface area contributed by atoms with Gasteiger partial charge < -0.3 is 18.9 Å². The predicted octanol–water partition coefficient (Wildman–Crippen LogP) is 1.26. The zero-order valence-corrected chi connectivity index (χ0v) is 13.6. The number of esters is 2. The molecule has 1 heterocycles. The van der Waals surface area contributed by atoms with Gasteiger partial charge in [0.25, 0.3) is 0 Å². The molecule has 0 spiro atoms.